The standard InChI is InChI=1S/C12H12O4.C2H5Cl/c1-7(2)15-10-8-5-3-4-6-9(8)16-11(10)12(13)14;1-2-3/h3-7H,1-2H3,(H,13,14);2H2,1H3. The Labute approximate surface area is 116 Å². The Morgan fingerprint density at radius 2 is 2.00 bits per heavy atom. The van der Waals surface area contributed by atoms with Gasteiger partial charge < -0.3 is 14.3 Å². The van der Waals surface area contributed by atoms with Crippen molar-refractivity contribution in [3.63, 3.8) is 0 Å². The van der Waals surface area contributed by atoms with Gasteiger partial charge in [0.15, 0.2) is 5.75 Å². The van der Waals surface area contributed by atoms with Crippen molar-refractivity contribution in [1.82, 2.24) is 0 Å². The largest absolute Gasteiger partial charge is 0.486 e. The Morgan fingerprint density at radius 1 is 1.42 bits per heavy atom. The number of ether oxygens (including phenoxy) is 1. The zero-order chi connectivity index (χ0) is 14.4. The van der Waals surface area contributed by atoms with Crippen molar-refractivity contribution in [3.8, 4) is 5.75 Å². The average Bonchev–Trinajstić information content (AvgIpc) is 2.69. The predicted molar refractivity (Wildman–Crippen MR) is 75.3 cm³/mol. The molecule has 0 aliphatic heterocycles. The van der Waals surface area contributed by atoms with Crippen LogP contribution in [0.2, 0.25) is 0 Å². The summed E-state index contributed by atoms with van der Waals surface area (Å²) in [7, 11) is 0. The maximum Gasteiger partial charge on any atom is 0.375 e. The minimum absolute atomic E-state index is 0.0980. The SMILES string of the molecule is CC(C)Oc1c(C(=O)O)oc2ccccc12.CCCl. The van der Waals surface area contributed by atoms with Gasteiger partial charge in [0.05, 0.1) is 11.5 Å². The number of rotatable bonds is 3. The summed E-state index contributed by atoms with van der Waals surface area (Å²) in [5.74, 6) is -0.236. The molecule has 0 atom stereocenters. The van der Waals surface area contributed by atoms with Crippen molar-refractivity contribution in [1.29, 1.82) is 0 Å². The van der Waals surface area contributed by atoms with E-state index < -0.39 is 5.97 Å². The highest BCUT2D eigenvalue weighted by Crippen LogP contribution is 2.33. The smallest absolute Gasteiger partial charge is 0.375 e. The van der Waals surface area contributed by atoms with Crippen molar-refractivity contribution in [2.45, 2.75) is 26.9 Å². The molecule has 1 heterocycles. The highest BCUT2D eigenvalue weighted by atomic mass is 35.5. The molecule has 0 saturated carbocycles. The summed E-state index contributed by atoms with van der Waals surface area (Å²) in [5, 5.41) is 9.69. The molecular formula is C14H17ClO4. The lowest BCUT2D eigenvalue weighted by molar-refractivity contribution is 0.0656. The van der Waals surface area contributed by atoms with Crippen molar-refractivity contribution in [2.75, 3.05) is 5.88 Å². The van der Waals surface area contributed by atoms with Crippen LogP contribution in [0.5, 0.6) is 5.75 Å². The quantitative estimate of drug-likeness (QED) is 0.860. The summed E-state index contributed by atoms with van der Waals surface area (Å²) in [6, 6.07) is 7.10. The van der Waals surface area contributed by atoms with Crippen LogP contribution in [-0.2, 0) is 0 Å². The van der Waals surface area contributed by atoms with Crippen LogP contribution >= 0.6 is 11.6 Å². The summed E-state index contributed by atoms with van der Waals surface area (Å²) in [6.45, 7) is 5.57. The molecular weight excluding hydrogens is 268 g/mol. The number of fused-ring (bicyclic) bond motifs is 1. The van der Waals surface area contributed by atoms with Crippen LogP contribution in [0.4, 0.5) is 0 Å². The summed E-state index contributed by atoms with van der Waals surface area (Å²) in [4.78, 5) is 11.0. The average molecular weight is 285 g/mol. The molecule has 2 aromatic rings. The number of hydrogen-bond donors (Lipinski definition) is 1. The van der Waals surface area contributed by atoms with Gasteiger partial charge in [0.25, 0.3) is 5.76 Å². The molecule has 0 amide bonds. The molecule has 19 heavy (non-hydrogen) atoms. The van der Waals surface area contributed by atoms with Gasteiger partial charge >= 0.3 is 5.97 Å². The molecule has 2 rings (SSSR count). The lowest BCUT2D eigenvalue weighted by Gasteiger charge is -2.08. The van der Waals surface area contributed by atoms with Crippen LogP contribution in [0.25, 0.3) is 11.0 Å². The Morgan fingerprint density at radius 3 is 2.53 bits per heavy atom. The Hall–Kier alpha value is -1.68. The first-order valence-corrected chi connectivity index (χ1v) is 6.52. The van der Waals surface area contributed by atoms with Crippen LogP contribution < -0.4 is 4.74 Å². The highest BCUT2D eigenvalue weighted by Gasteiger charge is 2.21. The van der Waals surface area contributed by atoms with Gasteiger partial charge in [-0.1, -0.05) is 19.1 Å². The predicted octanol–water partition coefficient (Wildman–Crippen LogP) is 4.16. The number of benzene rings is 1. The summed E-state index contributed by atoms with van der Waals surface area (Å²) in [5.41, 5.74) is 0.524. The third-order valence-electron chi connectivity index (χ3n) is 2.10. The third kappa shape index (κ3) is 3.89. The fraction of sp³-hybridized carbons (Fsp3) is 0.357. The molecule has 0 aliphatic carbocycles. The molecule has 0 aliphatic rings. The van der Waals surface area contributed by atoms with E-state index in [1.807, 2.05) is 26.8 Å². The van der Waals surface area contributed by atoms with Gasteiger partial charge in [-0.15, -0.1) is 11.6 Å². The number of alkyl halides is 1. The second kappa shape index (κ2) is 7.04. The number of aromatic carboxylic acids is 1. The first-order chi connectivity index (χ1) is 9.01. The molecule has 0 unspecified atom stereocenters. The molecule has 1 aromatic carbocycles. The fourth-order valence-corrected chi connectivity index (χ4v) is 1.52. The van der Waals surface area contributed by atoms with Gasteiger partial charge in [-0.05, 0) is 26.0 Å². The normalized spacial score (nSPS) is 10.2. The first kappa shape index (κ1) is 15.4. The number of carboxylic acid groups (broad SMARTS) is 1. The molecule has 0 bridgehead atoms. The van der Waals surface area contributed by atoms with Crippen LogP contribution in [0.3, 0.4) is 0 Å². The zero-order valence-electron chi connectivity index (χ0n) is 11.1. The van der Waals surface area contributed by atoms with Gasteiger partial charge in [-0.3, -0.25) is 0 Å². The van der Waals surface area contributed by atoms with E-state index in [1.165, 1.54) is 0 Å². The van der Waals surface area contributed by atoms with Crippen molar-refractivity contribution < 1.29 is 19.1 Å². The first-order valence-electron chi connectivity index (χ1n) is 5.98. The van der Waals surface area contributed by atoms with Crippen LogP contribution in [-0.4, -0.2) is 23.1 Å². The molecule has 1 N–H and O–H groups in total. The van der Waals surface area contributed by atoms with Gasteiger partial charge in [-0.2, -0.15) is 0 Å². The Bertz CT molecular complexity index is 545. The van der Waals surface area contributed by atoms with E-state index in [9.17, 15) is 4.79 Å². The van der Waals surface area contributed by atoms with Crippen LogP contribution in [0.15, 0.2) is 28.7 Å². The van der Waals surface area contributed by atoms with E-state index in [2.05, 4.69) is 0 Å². The maximum atomic E-state index is 11.0. The lowest BCUT2D eigenvalue weighted by atomic mass is 10.2. The third-order valence-corrected chi connectivity index (χ3v) is 2.10. The van der Waals surface area contributed by atoms with Gasteiger partial charge in [0.1, 0.15) is 5.58 Å². The monoisotopic (exact) mass is 284 g/mol. The fourth-order valence-electron chi connectivity index (χ4n) is 1.52. The highest BCUT2D eigenvalue weighted by molar-refractivity contribution is 6.17. The van der Waals surface area contributed by atoms with Crippen LogP contribution in [0, 0.1) is 0 Å². The minimum Gasteiger partial charge on any atom is -0.486 e. The summed E-state index contributed by atoms with van der Waals surface area (Å²) >= 11 is 5.00. The molecule has 4 nitrogen and oxygen atoms in total. The molecule has 0 spiro atoms. The van der Waals surface area contributed by atoms with Crippen molar-refractivity contribution >= 4 is 28.5 Å². The number of carbonyl (C=O) groups is 1. The van der Waals surface area contributed by atoms with Crippen molar-refractivity contribution in [2.24, 2.45) is 0 Å². The van der Waals surface area contributed by atoms with Gasteiger partial charge in [0.2, 0.25) is 0 Å². The van der Waals surface area contributed by atoms with E-state index in [-0.39, 0.29) is 11.9 Å². The Kier molecular flexibility index (Phi) is 5.70. The lowest BCUT2D eigenvalue weighted by Crippen LogP contribution is -2.08. The summed E-state index contributed by atoms with van der Waals surface area (Å²) < 4.78 is 10.7. The number of para-hydroxylation sites is 1. The molecule has 0 saturated heterocycles. The molecule has 0 radical (unpaired) electrons. The topological polar surface area (TPSA) is 59.7 Å². The van der Waals surface area contributed by atoms with Crippen molar-refractivity contribution in [3.05, 3.63) is 30.0 Å². The van der Waals surface area contributed by atoms with E-state index >= 15 is 0 Å². The van der Waals surface area contributed by atoms with E-state index in [4.69, 9.17) is 25.9 Å². The minimum atomic E-state index is -1.12. The molecule has 104 valence electrons. The number of halogens is 1. The molecule has 5 heteroatoms. The van der Waals surface area contributed by atoms with E-state index in [0.29, 0.717) is 16.7 Å². The van der Waals surface area contributed by atoms with Gasteiger partial charge in [-0.25, -0.2) is 4.79 Å². The van der Waals surface area contributed by atoms with Gasteiger partial charge in [0, 0.05) is 5.88 Å². The second-order valence-electron chi connectivity index (χ2n) is 4.00. The van der Waals surface area contributed by atoms with E-state index in [1.54, 1.807) is 18.2 Å². The maximum absolute atomic E-state index is 11.0. The van der Waals surface area contributed by atoms with E-state index in [0.717, 1.165) is 5.88 Å². The summed E-state index contributed by atoms with van der Waals surface area (Å²) in [6.07, 6.45) is -0.0980. The zero-order valence-corrected chi connectivity index (χ0v) is 11.9. The molecule has 0 fully saturated rings. The van der Waals surface area contributed by atoms with Crippen LogP contribution in [0.1, 0.15) is 31.3 Å². The number of furan rings is 1. The number of hydrogen-bond acceptors (Lipinski definition) is 3. The Balaban J connectivity index is 0.000000550. The number of carboxylic acids is 1. The second-order valence-corrected chi connectivity index (χ2v) is 4.53. The molecule has 1 aromatic heterocycles.